The summed E-state index contributed by atoms with van der Waals surface area (Å²) in [6, 6.07) is 16.6. The number of rotatable bonds is 5. The number of carbonyl (C=O) groups is 2. The molecular weight excluding hydrogens is 366 g/mol. The van der Waals surface area contributed by atoms with Crippen LogP contribution in [0, 0.1) is 0 Å². The van der Waals surface area contributed by atoms with E-state index in [0.29, 0.717) is 22.7 Å². The Balaban J connectivity index is 1.79. The zero-order valence-corrected chi connectivity index (χ0v) is 16.8. The van der Waals surface area contributed by atoms with Crippen LogP contribution in [0.5, 0.6) is 5.75 Å². The van der Waals surface area contributed by atoms with E-state index in [2.05, 4.69) is 16.7 Å². The van der Waals surface area contributed by atoms with Crippen LogP contribution in [-0.4, -0.2) is 61.4 Å². The molecule has 0 radical (unpaired) electrons. The third-order valence-electron chi connectivity index (χ3n) is 5.58. The molecule has 6 nitrogen and oxygen atoms in total. The standard InChI is InChI=1S/C23H25N3O3/c1-3-24-13-15-25(16-14-24)21-20(17-9-5-4-6-10-17)22(27)26(23(21)28)18-11-7-8-12-19(18)29-2/h4-12H,3,13-16H2,1-2H3. The second kappa shape index (κ2) is 8.09. The van der Waals surface area contributed by atoms with Gasteiger partial charge in [-0.1, -0.05) is 49.4 Å². The third-order valence-corrected chi connectivity index (χ3v) is 5.58. The van der Waals surface area contributed by atoms with Gasteiger partial charge >= 0.3 is 0 Å². The first kappa shape index (κ1) is 19.2. The molecule has 0 bridgehead atoms. The van der Waals surface area contributed by atoms with E-state index in [1.165, 1.54) is 4.90 Å². The van der Waals surface area contributed by atoms with Crippen LogP contribution >= 0.6 is 0 Å². The lowest BCUT2D eigenvalue weighted by molar-refractivity contribution is -0.120. The predicted octanol–water partition coefficient (Wildman–Crippen LogP) is 2.62. The van der Waals surface area contributed by atoms with E-state index >= 15 is 0 Å². The number of amides is 2. The number of piperazine rings is 1. The van der Waals surface area contributed by atoms with Gasteiger partial charge < -0.3 is 14.5 Å². The Kier molecular flexibility index (Phi) is 5.36. The number of methoxy groups -OCH3 is 1. The van der Waals surface area contributed by atoms with Crippen molar-refractivity contribution in [1.82, 2.24) is 9.80 Å². The van der Waals surface area contributed by atoms with Gasteiger partial charge in [-0.15, -0.1) is 0 Å². The number of benzene rings is 2. The van der Waals surface area contributed by atoms with E-state index in [1.54, 1.807) is 25.3 Å². The molecule has 6 heteroatoms. The first-order chi connectivity index (χ1) is 14.2. The van der Waals surface area contributed by atoms with Gasteiger partial charge in [-0.3, -0.25) is 9.59 Å². The number of hydrogen-bond donors (Lipinski definition) is 0. The fourth-order valence-electron chi connectivity index (χ4n) is 4.00. The summed E-state index contributed by atoms with van der Waals surface area (Å²) in [5.41, 5.74) is 2.19. The highest BCUT2D eigenvalue weighted by Crippen LogP contribution is 2.38. The molecule has 0 aliphatic carbocycles. The number of likely N-dealkylation sites (N-methyl/N-ethyl adjacent to an activating group) is 1. The average molecular weight is 391 g/mol. The Morgan fingerprint density at radius 2 is 1.52 bits per heavy atom. The minimum absolute atomic E-state index is 0.289. The highest BCUT2D eigenvalue weighted by Gasteiger charge is 2.43. The molecule has 2 heterocycles. The molecule has 29 heavy (non-hydrogen) atoms. The summed E-state index contributed by atoms with van der Waals surface area (Å²) >= 11 is 0. The molecule has 2 aliphatic heterocycles. The second-order valence-corrected chi connectivity index (χ2v) is 7.13. The molecule has 4 rings (SSSR count). The topological polar surface area (TPSA) is 53.1 Å². The number of para-hydroxylation sites is 2. The van der Waals surface area contributed by atoms with E-state index in [1.807, 2.05) is 36.4 Å². The van der Waals surface area contributed by atoms with E-state index in [0.717, 1.165) is 38.3 Å². The van der Waals surface area contributed by atoms with Crippen LogP contribution in [0.15, 0.2) is 60.3 Å². The predicted molar refractivity (Wildman–Crippen MR) is 113 cm³/mol. The lowest BCUT2D eigenvalue weighted by Crippen LogP contribution is -2.47. The first-order valence-electron chi connectivity index (χ1n) is 9.94. The van der Waals surface area contributed by atoms with Crippen molar-refractivity contribution in [3.8, 4) is 5.75 Å². The molecule has 0 N–H and O–H groups in total. The smallest absolute Gasteiger partial charge is 0.282 e. The first-order valence-corrected chi connectivity index (χ1v) is 9.94. The van der Waals surface area contributed by atoms with Crippen molar-refractivity contribution in [1.29, 1.82) is 0 Å². The van der Waals surface area contributed by atoms with Crippen molar-refractivity contribution in [2.45, 2.75) is 6.92 Å². The quantitative estimate of drug-likeness (QED) is 0.734. The molecule has 0 atom stereocenters. The van der Waals surface area contributed by atoms with E-state index in [4.69, 9.17) is 4.74 Å². The molecule has 2 amide bonds. The van der Waals surface area contributed by atoms with E-state index in [9.17, 15) is 9.59 Å². The van der Waals surface area contributed by atoms with Crippen LogP contribution in [0.3, 0.4) is 0 Å². The molecule has 1 fully saturated rings. The lowest BCUT2D eigenvalue weighted by atomic mass is 10.0. The molecule has 150 valence electrons. The Bertz CT molecular complexity index is 947. The Morgan fingerprint density at radius 1 is 0.862 bits per heavy atom. The van der Waals surface area contributed by atoms with Crippen LogP contribution in [0.25, 0.3) is 5.57 Å². The Hall–Kier alpha value is -3.12. The van der Waals surface area contributed by atoms with Crippen LogP contribution in [0.4, 0.5) is 5.69 Å². The molecular formula is C23H25N3O3. The molecule has 1 saturated heterocycles. The van der Waals surface area contributed by atoms with Gasteiger partial charge in [-0.2, -0.15) is 0 Å². The summed E-state index contributed by atoms with van der Waals surface area (Å²) in [4.78, 5) is 32.7. The maximum atomic E-state index is 13.6. The van der Waals surface area contributed by atoms with Crippen LogP contribution in [-0.2, 0) is 9.59 Å². The molecule has 2 aliphatic rings. The summed E-state index contributed by atoms with van der Waals surface area (Å²) in [5, 5.41) is 0. The highest BCUT2D eigenvalue weighted by atomic mass is 16.5. The molecule has 0 aromatic heterocycles. The zero-order chi connectivity index (χ0) is 20.4. The lowest BCUT2D eigenvalue weighted by Gasteiger charge is -2.36. The average Bonchev–Trinajstić information content (AvgIpc) is 3.04. The van der Waals surface area contributed by atoms with Gasteiger partial charge in [0.2, 0.25) is 0 Å². The van der Waals surface area contributed by atoms with Gasteiger partial charge in [0.15, 0.2) is 0 Å². The third kappa shape index (κ3) is 3.40. The second-order valence-electron chi connectivity index (χ2n) is 7.13. The van der Waals surface area contributed by atoms with Crippen molar-refractivity contribution < 1.29 is 14.3 Å². The van der Waals surface area contributed by atoms with Crippen molar-refractivity contribution in [3.05, 3.63) is 65.9 Å². The Morgan fingerprint density at radius 3 is 2.17 bits per heavy atom. The van der Waals surface area contributed by atoms with Crippen molar-refractivity contribution in [3.63, 3.8) is 0 Å². The summed E-state index contributed by atoms with van der Waals surface area (Å²) in [6.45, 7) is 6.31. The number of imide groups is 1. The van der Waals surface area contributed by atoms with Gasteiger partial charge in [0.05, 0.1) is 18.4 Å². The number of carbonyl (C=O) groups excluding carboxylic acids is 2. The molecule has 0 saturated carbocycles. The Labute approximate surface area is 171 Å². The number of anilines is 1. The minimum atomic E-state index is -0.307. The monoisotopic (exact) mass is 391 g/mol. The van der Waals surface area contributed by atoms with Gasteiger partial charge in [-0.25, -0.2) is 4.90 Å². The fourth-order valence-corrected chi connectivity index (χ4v) is 4.00. The molecule has 2 aromatic carbocycles. The molecule has 2 aromatic rings. The number of ether oxygens (including phenoxy) is 1. The highest BCUT2D eigenvalue weighted by molar-refractivity contribution is 6.45. The minimum Gasteiger partial charge on any atom is -0.495 e. The summed E-state index contributed by atoms with van der Waals surface area (Å²) in [7, 11) is 1.54. The molecule has 0 unspecified atom stereocenters. The zero-order valence-electron chi connectivity index (χ0n) is 16.8. The van der Waals surface area contributed by atoms with Crippen molar-refractivity contribution in [2.75, 3.05) is 44.7 Å². The van der Waals surface area contributed by atoms with Gasteiger partial charge in [0.25, 0.3) is 11.8 Å². The maximum absolute atomic E-state index is 13.6. The summed E-state index contributed by atoms with van der Waals surface area (Å²) < 4.78 is 5.42. The summed E-state index contributed by atoms with van der Waals surface area (Å²) in [6.07, 6.45) is 0. The van der Waals surface area contributed by atoms with E-state index in [-0.39, 0.29) is 11.8 Å². The number of hydrogen-bond acceptors (Lipinski definition) is 5. The normalized spacial score (nSPS) is 18.0. The largest absolute Gasteiger partial charge is 0.495 e. The maximum Gasteiger partial charge on any atom is 0.282 e. The van der Waals surface area contributed by atoms with Gasteiger partial charge in [0.1, 0.15) is 11.4 Å². The summed E-state index contributed by atoms with van der Waals surface area (Å²) in [5.74, 6) is -0.0967. The van der Waals surface area contributed by atoms with Crippen LogP contribution in [0.1, 0.15) is 12.5 Å². The van der Waals surface area contributed by atoms with Crippen molar-refractivity contribution in [2.24, 2.45) is 0 Å². The van der Waals surface area contributed by atoms with Gasteiger partial charge in [0, 0.05) is 26.2 Å². The molecule has 0 spiro atoms. The van der Waals surface area contributed by atoms with E-state index < -0.39 is 0 Å². The number of nitrogens with zero attached hydrogens (tertiary/aromatic N) is 3. The van der Waals surface area contributed by atoms with Crippen LogP contribution < -0.4 is 9.64 Å². The fraction of sp³-hybridized carbons (Fsp3) is 0.304. The van der Waals surface area contributed by atoms with Crippen molar-refractivity contribution >= 4 is 23.1 Å². The van der Waals surface area contributed by atoms with Gasteiger partial charge in [-0.05, 0) is 24.2 Å². The SMILES string of the molecule is CCN1CCN(C2=C(c3ccccc3)C(=O)N(c3ccccc3OC)C2=O)CC1. The van der Waals surface area contributed by atoms with Crippen LogP contribution in [0.2, 0.25) is 0 Å².